The summed E-state index contributed by atoms with van der Waals surface area (Å²) in [6.45, 7) is 3.33. The Bertz CT molecular complexity index is 702. The van der Waals surface area contributed by atoms with Crippen molar-refractivity contribution < 1.29 is 9.63 Å². The van der Waals surface area contributed by atoms with E-state index in [-0.39, 0.29) is 0 Å². The van der Waals surface area contributed by atoms with Crippen molar-refractivity contribution in [1.82, 2.24) is 9.63 Å². The second-order valence-corrected chi connectivity index (χ2v) is 6.70. The summed E-state index contributed by atoms with van der Waals surface area (Å²) >= 11 is 5.16. The van der Waals surface area contributed by atoms with Crippen molar-refractivity contribution in [2.75, 3.05) is 13.1 Å². The number of terminal acetylenes is 1. The predicted octanol–water partition coefficient (Wildman–Crippen LogP) is 4.62. The molecule has 2 rings (SSSR count). The number of rotatable bonds is 7. The fourth-order valence-corrected chi connectivity index (χ4v) is 3.24. The summed E-state index contributed by atoms with van der Waals surface area (Å²) in [6.07, 6.45) is 15.2. The standard InChI is InChI=1S/C20H26N2O2S/c1-3-5-13-21(15-12-18-10-8-9-17(4-2)16-18)20(23)24-22-14-7-6-11-19(22)25/h1,6-7,11,14,16,18H,4-5,8-10,12-13,15H2,2H3. The van der Waals surface area contributed by atoms with Crippen LogP contribution in [0.15, 0.2) is 36.0 Å². The molecule has 1 amide bonds. The van der Waals surface area contributed by atoms with Gasteiger partial charge < -0.3 is 9.74 Å². The monoisotopic (exact) mass is 358 g/mol. The molecule has 1 aliphatic rings. The van der Waals surface area contributed by atoms with Gasteiger partial charge in [0, 0.05) is 25.7 Å². The van der Waals surface area contributed by atoms with Gasteiger partial charge in [0.05, 0.1) is 0 Å². The molecule has 0 aromatic carbocycles. The second-order valence-electron chi connectivity index (χ2n) is 6.28. The fraction of sp³-hybridized carbons (Fsp3) is 0.500. The summed E-state index contributed by atoms with van der Waals surface area (Å²) in [5, 5.41) is 0. The molecule has 1 aromatic heterocycles. The van der Waals surface area contributed by atoms with Gasteiger partial charge in [-0.25, -0.2) is 4.79 Å². The van der Waals surface area contributed by atoms with E-state index >= 15 is 0 Å². The van der Waals surface area contributed by atoms with E-state index in [0.29, 0.717) is 30.1 Å². The topological polar surface area (TPSA) is 34.5 Å². The van der Waals surface area contributed by atoms with Crippen LogP contribution >= 0.6 is 12.2 Å². The van der Waals surface area contributed by atoms with Gasteiger partial charge in [-0.05, 0) is 50.2 Å². The SMILES string of the molecule is C#CCCN(CCC1C=C(CC)CCC1)C(=O)On1ccccc1=S. The molecule has 1 atom stereocenters. The van der Waals surface area contributed by atoms with Gasteiger partial charge in [0.2, 0.25) is 0 Å². The highest BCUT2D eigenvalue weighted by molar-refractivity contribution is 7.71. The molecule has 1 aromatic rings. The van der Waals surface area contributed by atoms with Crippen LogP contribution in [0.1, 0.15) is 45.4 Å². The number of nitrogens with zero attached hydrogens (tertiary/aromatic N) is 2. The maximum atomic E-state index is 12.5. The predicted molar refractivity (Wildman–Crippen MR) is 103 cm³/mol. The van der Waals surface area contributed by atoms with Crippen molar-refractivity contribution in [1.29, 1.82) is 0 Å². The molecule has 5 heteroatoms. The molecule has 0 radical (unpaired) electrons. The Hall–Kier alpha value is -2.06. The number of pyridine rings is 1. The molecule has 0 fully saturated rings. The molecule has 4 nitrogen and oxygen atoms in total. The van der Waals surface area contributed by atoms with Crippen LogP contribution in [0.2, 0.25) is 0 Å². The number of carbonyl (C=O) groups is 1. The Morgan fingerprint density at radius 1 is 1.48 bits per heavy atom. The van der Waals surface area contributed by atoms with Crippen LogP contribution < -0.4 is 4.84 Å². The van der Waals surface area contributed by atoms with Gasteiger partial charge in [-0.2, -0.15) is 4.73 Å². The third-order valence-electron chi connectivity index (χ3n) is 4.52. The average molecular weight is 359 g/mol. The van der Waals surface area contributed by atoms with Crippen molar-refractivity contribution >= 4 is 18.3 Å². The van der Waals surface area contributed by atoms with Crippen molar-refractivity contribution in [2.45, 2.75) is 45.4 Å². The van der Waals surface area contributed by atoms with Gasteiger partial charge in [-0.3, -0.25) is 0 Å². The van der Waals surface area contributed by atoms with Crippen molar-refractivity contribution in [2.24, 2.45) is 5.92 Å². The molecule has 0 aliphatic heterocycles. The molecule has 0 N–H and O–H groups in total. The minimum Gasteiger partial charge on any atom is -0.316 e. The van der Waals surface area contributed by atoms with Gasteiger partial charge in [0.25, 0.3) is 0 Å². The highest BCUT2D eigenvalue weighted by atomic mass is 32.1. The van der Waals surface area contributed by atoms with Crippen LogP contribution in [-0.2, 0) is 0 Å². The Balaban J connectivity index is 1.98. The minimum absolute atomic E-state index is 0.409. The molecular weight excluding hydrogens is 332 g/mol. The van der Waals surface area contributed by atoms with Gasteiger partial charge in [-0.15, -0.1) is 12.3 Å². The van der Waals surface area contributed by atoms with Gasteiger partial charge >= 0.3 is 6.09 Å². The number of allylic oxidation sites excluding steroid dienone is 2. The highest BCUT2D eigenvalue weighted by Gasteiger charge is 2.19. The lowest BCUT2D eigenvalue weighted by Gasteiger charge is -2.25. The molecule has 1 unspecified atom stereocenters. The minimum atomic E-state index is -0.409. The van der Waals surface area contributed by atoms with Crippen LogP contribution in [0.5, 0.6) is 0 Å². The fourth-order valence-electron chi connectivity index (χ4n) is 3.06. The third-order valence-corrected chi connectivity index (χ3v) is 4.83. The largest absolute Gasteiger partial charge is 0.434 e. The normalized spacial score (nSPS) is 16.6. The number of hydrogen-bond donors (Lipinski definition) is 0. The maximum absolute atomic E-state index is 12.5. The first-order valence-corrected chi connectivity index (χ1v) is 9.32. The first kappa shape index (κ1) is 19.3. The van der Waals surface area contributed by atoms with Crippen LogP contribution in [0, 0.1) is 22.9 Å². The zero-order chi connectivity index (χ0) is 18.1. The Morgan fingerprint density at radius 2 is 2.32 bits per heavy atom. The average Bonchev–Trinajstić information content (AvgIpc) is 2.63. The number of hydrogen-bond acceptors (Lipinski definition) is 3. The summed E-state index contributed by atoms with van der Waals surface area (Å²) in [7, 11) is 0. The van der Waals surface area contributed by atoms with Crippen LogP contribution in [-0.4, -0.2) is 28.8 Å². The molecule has 0 bridgehead atoms. The first-order chi connectivity index (χ1) is 12.1. The molecule has 1 heterocycles. The van der Waals surface area contributed by atoms with E-state index in [1.165, 1.54) is 29.6 Å². The van der Waals surface area contributed by atoms with Crippen molar-refractivity contribution in [3.05, 3.63) is 40.7 Å². The van der Waals surface area contributed by atoms with Gasteiger partial charge in [0.1, 0.15) is 4.64 Å². The Morgan fingerprint density at radius 3 is 3.04 bits per heavy atom. The molecule has 25 heavy (non-hydrogen) atoms. The zero-order valence-corrected chi connectivity index (χ0v) is 15.6. The Labute approximate surface area is 155 Å². The molecule has 134 valence electrons. The van der Waals surface area contributed by atoms with E-state index in [4.69, 9.17) is 23.5 Å². The Kier molecular flexibility index (Phi) is 7.75. The van der Waals surface area contributed by atoms with Crippen molar-refractivity contribution in [3.8, 4) is 12.3 Å². The van der Waals surface area contributed by atoms with E-state index in [9.17, 15) is 4.79 Å². The lowest BCUT2D eigenvalue weighted by molar-refractivity contribution is 0.0893. The summed E-state index contributed by atoms with van der Waals surface area (Å²) in [5.41, 5.74) is 1.53. The molecular formula is C20H26N2O2S. The van der Waals surface area contributed by atoms with Crippen molar-refractivity contribution in [3.63, 3.8) is 0 Å². The van der Waals surface area contributed by atoms with Gasteiger partial charge in [-0.1, -0.05) is 36.9 Å². The lowest BCUT2D eigenvalue weighted by Crippen LogP contribution is -2.39. The lowest BCUT2D eigenvalue weighted by atomic mass is 9.87. The van der Waals surface area contributed by atoms with Crippen LogP contribution in [0.25, 0.3) is 0 Å². The second kappa shape index (κ2) is 10.0. The summed E-state index contributed by atoms with van der Waals surface area (Å²) < 4.78 is 1.77. The zero-order valence-electron chi connectivity index (χ0n) is 14.8. The third kappa shape index (κ3) is 6.06. The first-order valence-electron chi connectivity index (χ1n) is 8.92. The number of amides is 1. The maximum Gasteiger partial charge on any atom is 0.434 e. The summed E-state index contributed by atoms with van der Waals surface area (Å²) in [4.78, 5) is 19.6. The van der Waals surface area contributed by atoms with Crippen LogP contribution in [0.3, 0.4) is 0 Å². The summed E-state index contributed by atoms with van der Waals surface area (Å²) in [5.74, 6) is 3.12. The molecule has 0 saturated carbocycles. The summed E-state index contributed by atoms with van der Waals surface area (Å²) in [6, 6.07) is 5.30. The molecule has 0 spiro atoms. The molecule has 1 aliphatic carbocycles. The number of carbonyl (C=O) groups excluding carboxylic acids is 1. The smallest absolute Gasteiger partial charge is 0.316 e. The quantitative estimate of drug-likeness (QED) is 0.405. The van der Waals surface area contributed by atoms with E-state index in [1.807, 2.05) is 6.07 Å². The van der Waals surface area contributed by atoms with E-state index in [0.717, 1.165) is 12.8 Å². The highest BCUT2D eigenvalue weighted by Crippen LogP contribution is 2.27. The van der Waals surface area contributed by atoms with E-state index < -0.39 is 6.09 Å². The number of aromatic nitrogens is 1. The van der Waals surface area contributed by atoms with E-state index in [2.05, 4.69) is 18.9 Å². The van der Waals surface area contributed by atoms with Gasteiger partial charge in [0.15, 0.2) is 0 Å². The van der Waals surface area contributed by atoms with E-state index in [1.54, 1.807) is 23.2 Å². The van der Waals surface area contributed by atoms with Crippen LogP contribution in [0.4, 0.5) is 4.79 Å². The molecule has 0 saturated heterocycles.